The summed E-state index contributed by atoms with van der Waals surface area (Å²) >= 11 is 9.49. The summed E-state index contributed by atoms with van der Waals surface area (Å²) in [4.78, 5) is 12.6. The lowest BCUT2D eigenvalue weighted by Crippen LogP contribution is -2.12. The molecule has 2 heterocycles. The van der Waals surface area contributed by atoms with Crippen molar-refractivity contribution in [2.24, 2.45) is 0 Å². The predicted octanol–water partition coefficient (Wildman–Crippen LogP) is 4.77. The number of benzene rings is 2. The Hall–Kier alpha value is -2.77. The maximum atomic E-state index is 12.6. The van der Waals surface area contributed by atoms with Crippen LogP contribution in [0.5, 0.6) is 0 Å². The molecule has 0 atom stereocenters. The van der Waals surface area contributed by atoms with Gasteiger partial charge in [0.05, 0.1) is 16.3 Å². The van der Waals surface area contributed by atoms with Crippen LogP contribution >= 0.6 is 27.5 Å². The van der Waals surface area contributed by atoms with E-state index in [2.05, 4.69) is 36.5 Å². The lowest BCUT2D eigenvalue weighted by Gasteiger charge is -2.09. The van der Waals surface area contributed by atoms with Crippen LogP contribution in [0.25, 0.3) is 16.9 Å². The number of hydrogen-bond acceptors (Lipinski definition) is 4. The third-order valence-electron chi connectivity index (χ3n) is 4.01. The first kappa shape index (κ1) is 17.6. The van der Waals surface area contributed by atoms with Gasteiger partial charge in [-0.3, -0.25) is 4.79 Å². The Labute approximate surface area is 168 Å². The first-order chi connectivity index (χ1) is 13.0. The minimum Gasteiger partial charge on any atom is -0.322 e. The van der Waals surface area contributed by atoms with Gasteiger partial charge < -0.3 is 5.32 Å². The van der Waals surface area contributed by atoms with Gasteiger partial charge in [0.15, 0.2) is 11.5 Å². The Morgan fingerprint density at radius 3 is 2.81 bits per heavy atom. The number of nitrogens with zero attached hydrogens (tertiary/aromatic N) is 4. The lowest BCUT2D eigenvalue weighted by atomic mass is 10.1. The number of carbonyl (C=O) groups excluding carboxylic acids is 1. The van der Waals surface area contributed by atoms with Crippen LogP contribution in [0.3, 0.4) is 0 Å². The maximum Gasteiger partial charge on any atom is 0.257 e. The molecule has 0 unspecified atom stereocenters. The van der Waals surface area contributed by atoms with Crippen LogP contribution in [0.15, 0.2) is 59.1 Å². The highest BCUT2D eigenvalue weighted by Crippen LogP contribution is 2.24. The third-order valence-corrected chi connectivity index (χ3v) is 4.83. The van der Waals surface area contributed by atoms with Crippen LogP contribution in [0.2, 0.25) is 5.02 Å². The first-order valence-corrected chi connectivity index (χ1v) is 9.24. The second-order valence-electron chi connectivity index (χ2n) is 5.89. The highest BCUT2D eigenvalue weighted by molar-refractivity contribution is 9.10. The smallest absolute Gasteiger partial charge is 0.257 e. The standard InChI is InChI=1S/C19H13BrClN5O/c1-11-23-24-18-8-7-17(25-26(11)18)12-3-2-4-14(9-12)22-19(27)15-10-13(20)5-6-16(15)21/h2-10H,1H3,(H,22,27). The zero-order valence-electron chi connectivity index (χ0n) is 14.1. The molecule has 4 rings (SSSR count). The molecule has 0 fully saturated rings. The van der Waals surface area contributed by atoms with Crippen molar-refractivity contribution in [1.82, 2.24) is 19.8 Å². The molecule has 134 valence electrons. The van der Waals surface area contributed by atoms with Crippen LogP contribution in [0, 0.1) is 6.92 Å². The molecule has 0 spiro atoms. The number of nitrogens with one attached hydrogen (secondary N) is 1. The van der Waals surface area contributed by atoms with Gasteiger partial charge in [-0.2, -0.15) is 9.61 Å². The quantitative estimate of drug-likeness (QED) is 0.496. The number of aromatic nitrogens is 4. The van der Waals surface area contributed by atoms with E-state index >= 15 is 0 Å². The van der Waals surface area contributed by atoms with Crippen molar-refractivity contribution in [1.29, 1.82) is 0 Å². The van der Waals surface area contributed by atoms with Crippen LogP contribution in [0.4, 0.5) is 5.69 Å². The van der Waals surface area contributed by atoms with Crippen molar-refractivity contribution >= 4 is 44.8 Å². The molecular formula is C19H13BrClN5O. The highest BCUT2D eigenvalue weighted by Gasteiger charge is 2.12. The van der Waals surface area contributed by atoms with Gasteiger partial charge in [0.25, 0.3) is 5.91 Å². The fourth-order valence-corrected chi connectivity index (χ4v) is 3.24. The molecule has 6 nitrogen and oxygen atoms in total. The number of rotatable bonds is 3. The van der Waals surface area contributed by atoms with E-state index in [4.69, 9.17) is 11.6 Å². The SMILES string of the molecule is Cc1nnc2ccc(-c3cccc(NC(=O)c4cc(Br)ccc4Cl)c3)nn12. The van der Waals surface area contributed by atoms with E-state index in [1.165, 1.54) is 0 Å². The second kappa shape index (κ2) is 7.09. The molecule has 0 aliphatic carbocycles. The Bertz CT molecular complexity index is 1170. The van der Waals surface area contributed by atoms with Crippen molar-refractivity contribution in [2.45, 2.75) is 6.92 Å². The summed E-state index contributed by atoms with van der Waals surface area (Å²) in [5.74, 6) is 0.428. The average Bonchev–Trinajstić information content (AvgIpc) is 3.04. The van der Waals surface area contributed by atoms with Gasteiger partial charge in [0, 0.05) is 15.7 Å². The number of halogens is 2. The maximum absolute atomic E-state index is 12.6. The van der Waals surface area contributed by atoms with E-state index in [9.17, 15) is 4.79 Å². The lowest BCUT2D eigenvalue weighted by molar-refractivity contribution is 0.102. The van der Waals surface area contributed by atoms with Crippen LogP contribution in [-0.4, -0.2) is 25.7 Å². The Balaban J connectivity index is 1.64. The number of aryl methyl sites for hydroxylation is 1. The molecule has 4 aromatic rings. The molecule has 27 heavy (non-hydrogen) atoms. The van der Waals surface area contributed by atoms with Crippen molar-refractivity contribution in [3.05, 3.63) is 75.5 Å². The van der Waals surface area contributed by atoms with Crippen LogP contribution in [0.1, 0.15) is 16.2 Å². The number of hydrogen-bond donors (Lipinski definition) is 1. The van der Waals surface area contributed by atoms with Crippen LogP contribution < -0.4 is 5.32 Å². The van der Waals surface area contributed by atoms with Gasteiger partial charge in [-0.05, 0) is 49.4 Å². The Morgan fingerprint density at radius 1 is 1.11 bits per heavy atom. The van der Waals surface area contributed by atoms with E-state index in [0.29, 0.717) is 27.7 Å². The molecule has 0 bridgehead atoms. The molecule has 2 aromatic heterocycles. The number of amides is 1. The van der Waals surface area contributed by atoms with E-state index in [-0.39, 0.29) is 5.91 Å². The summed E-state index contributed by atoms with van der Waals surface area (Å²) in [5.41, 5.74) is 3.35. The molecule has 0 saturated carbocycles. The van der Waals surface area contributed by atoms with Gasteiger partial charge in [-0.25, -0.2) is 0 Å². The number of anilines is 1. The minimum absolute atomic E-state index is 0.281. The fourth-order valence-electron chi connectivity index (χ4n) is 2.68. The largest absolute Gasteiger partial charge is 0.322 e. The zero-order valence-corrected chi connectivity index (χ0v) is 16.5. The molecule has 0 aliphatic rings. The Kier molecular flexibility index (Phi) is 4.63. The summed E-state index contributed by atoms with van der Waals surface area (Å²) in [6, 6.07) is 16.3. The predicted molar refractivity (Wildman–Crippen MR) is 108 cm³/mol. The summed E-state index contributed by atoms with van der Waals surface area (Å²) in [6.07, 6.45) is 0. The van der Waals surface area contributed by atoms with Crippen molar-refractivity contribution < 1.29 is 4.79 Å². The molecular weight excluding hydrogens is 430 g/mol. The van der Waals surface area contributed by atoms with Crippen molar-refractivity contribution in [3.8, 4) is 11.3 Å². The molecule has 1 N–H and O–H groups in total. The molecule has 2 aromatic carbocycles. The van der Waals surface area contributed by atoms with Crippen molar-refractivity contribution in [3.63, 3.8) is 0 Å². The second-order valence-corrected chi connectivity index (χ2v) is 7.22. The fraction of sp³-hybridized carbons (Fsp3) is 0.0526. The number of carbonyl (C=O) groups is 1. The monoisotopic (exact) mass is 441 g/mol. The topological polar surface area (TPSA) is 72.2 Å². The summed E-state index contributed by atoms with van der Waals surface area (Å²) < 4.78 is 2.47. The average molecular weight is 443 g/mol. The molecule has 0 radical (unpaired) electrons. The van der Waals surface area contributed by atoms with Gasteiger partial charge in [0.2, 0.25) is 0 Å². The van der Waals surface area contributed by atoms with Gasteiger partial charge in [-0.1, -0.05) is 39.7 Å². The molecule has 8 heteroatoms. The van der Waals surface area contributed by atoms with Crippen molar-refractivity contribution in [2.75, 3.05) is 5.32 Å². The normalized spacial score (nSPS) is 10.9. The summed E-state index contributed by atoms with van der Waals surface area (Å²) in [6.45, 7) is 1.84. The van der Waals surface area contributed by atoms with E-state index < -0.39 is 0 Å². The van der Waals surface area contributed by atoms with E-state index in [1.54, 1.807) is 22.7 Å². The number of fused-ring (bicyclic) bond motifs is 1. The zero-order chi connectivity index (χ0) is 19.0. The van der Waals surface area contributed by atoms with Gasteiger partial charge in [-0.15, -0.1) is 10.2 Å². The summed E-state index contributed by atoms with van der Waals surface area (Å²) in [5, 5.41) is 15.9. The highest BCUT2D eigenvalue weighted by atomic mass is 79.9. The minimum atomic E-state index is -0.281. The first-order valence-electron chi connectivity index (χ1n) is 8.07. The van der Waals surface area contributed by atoms with Gasteiger partial charge >= 0.3 is 0 Å². The molecule has 0 aliphatic heterocycles. The molecule has 1 amide bonds. The Morgan fingerprint density at radius 2 is 1.96 bits per heavy atom. The molecule has 0 saturated heterocycles. The van der Waals surface area contributed by atoms with Gasteiger partial charge in [0.1, 0.15) is 0 Å². The van der Waals surface area contributed by atoms with Crippen LogP contribution in [-0.2, 0) is 0 Å². The van der Waals surface area contributed by atoms with E-state index in [0.717, 1.165) is 15.7 Å². The third kappa shape index (κ3) is 3.56. The van der Waals surface area contributed by atoms with E-state index in [1.807, 2.05) is 43.3 Å². The summed E-state index contributed by atoms with van der Waals surface area (Å²) in [7, 11) is 0.